The van der Waals surface area contributed by atoms with Crippen LogP contribution in [-0.2, 0) is 0 Å². The van der Waals surface area contributed by atoms with Gasteiger partial charge in [-0.25, -0.2) is 0 Å². The SMILES string of the molecule is Cc1nc(C(=O)N2CCC(Oc3ccc(Cl)c(Cl)c3)C2)no1. The number of hydrogen-bond acceptors (Lipinski definition) is 5. The van der Waals surface area contributed by atoms with Gasteiger partial charge in [-0.3, -0.25) is 4.79 Å². The average Bonchev–Trinajstić information content (AvgIpc) is 3.11. The zero-order chi connectivity index (χ0) is 15.7. The number of carbonyl (C=O) groups excluding carboxylic acids is 1. The number of rotatable bonds is 3. The molecule has 3 rings (SSSR count). The third-order valence-electron chi connectivity index (χ3n) is 3.34. The van der Waals surface area contributed by atoms with Gasteiger partial charge in [0, 0.05) is 26.0 Å². The molecule has 1 aromatic carbocycles. The Morgan fingerprint density at radius 2 is 2.23 bits per heavy atom. The molecule has 0 N–H and O–H groups in total. The van der Waals surface area contributed by atoms with Crippen molar-refractivity contribution in [2.24, 2.45) is 0 Å². The summed E-state index contributed by atoms with van der Waals surface area (Å²) in [6, 6.07) is 5.09. The van der Waals surface area contributed by atoms with E-state index in [1.807, 2.05) is 0 Å². The van der Waals surface area contributed by atoms with E-state index in [0.29, 0.717) is 34.8 Å². The van der Waals surface area contributed by atoms with Gasteiger partial charge in [0.25, 0.3) is 11.7 Å². The van der Waals surface area contributed by atoms with E-state index in [-0.39, 0.29) is 17.8 Å². The van der Waals surface area contributed by atoms with E-state index in [2.05, 4.69) is 10.1 Å². The molecule has 1 aromatic heterocycles. The van der Waals surface area contributed by atoms with Gasteiger partial charge in [-0.2, -0.15) is 4.98 Å². The number of aromatic nitrogens is 2. The normalized spacial score (nSPS) is 17.8. The molecule has 1 aliphatic heterocycles. The molecule has 2 aromatic rings. The lowest BCUT2D eigenvalue weighted by Gasteiger charge is -2.16. The average molecular weight is 342 g/mol. The first-order chi connectivity index (χ1) is 10.5. The topological polar surface area (TPSA) is 68.5 Å². The molecule has 0 saturated carbocycles. The number of ether oxygens (including phenoxy) is 1. The molecule has 1 aliphatic rings. The minimum Gasteiger partial charge on any atom is -0.488 e. The van der Waals surface area contributed by atoms with Crippen LogP contribution in [0.1, 0.15) is 22.9 Å². The summed E-state index contributed by atoms with van der Waals surface area (Å²) in [6.45, 7) is 2.69. The molecule has 116 valence electrons. The van der Waals surface area contributed by atoms with E-state index in [0.717, 1.165) is 6.42 Å². The number of halogens is 2. The highest BCUT2D eigenvalue weighted by Gasteiger charge is 2.30. The van der Waals surface area contributed by atoms with Crippen LogP contribution in [0, 0.1) is 6.92 Å². The van der Waals surface area contributed by atoms with Crippen LogP contribution in [0.15, 0.2) is 22.7 Å². The summed E-state index contributed by atoms with van der Waals surface area (Å²) >= 11 is 11.8. The minimum absolute atomic E-state index is 0.0766. The lowest BCUT2D eigenvalue weighted by atomic mass is 10.3. The number of nitrogens with zero attached hydrogens (tertiary/aromatic N) is 3. The van der Waals surface area contributed by atoms with Crippen molar-refractivity contribution in [1.82, 2.24) is 15.0 Å². The number of hydrogen-bond donors (Lipinski definition) is 0. The van der Waals surface area contributed by atoms with E-state index in [9.17, 15) is 4.79 Å². The largest absolute Gasteiger partial charge is 0.488 e. The molecule has 1 saturated heterocycles. The van der Waals surface area contributed by atoms with Crippen LogP contribution < -0.4 is 4.74 Å². The van der Waals surface area contributed by atoms with Crippen molar-refractivity contribution >= 4 is 29.1 Å². The maximum absolute atomic E-state index is 12.2. The zero-order valence-corrected chi connectivity index (χ0v) is 13.3. The lowest BCUT2D eigenvalue weighted by Crippen LogP contribution is -2.31. The third kappa shape index (κ3) is 3.18. The van der Waals surface area contributed by atoms with E-state index in [4.69, 9.17) is 32.5 Å². The molecule has 0 spiro atoms. The van der Waals surface area contributed by atoms with Gasteiger partial charge in [-0.05, 0) is 12.1 Å². The fourth-order valence-corrected chi connectivity index (χ4v) is 2.57. The van der Waals surface area contributed by atoms with Crippen molar-refractivity contribution in [2.45, 2.75) is 19.4 Å². The van der Waals surface area contributed by atoms with Crippen LogP contribution in [-0.4, -0.2) is 40.1 Å². The van der Waals surface area contributed by atoms with Crippen LogP contribution in [0.5, 0.6) is 5.75 Å². The Kier molecular flexibility index (Phi) is 4.22. The Morgan fingerprint density at radius 1 is 1.41 bits per heavy atom. The predicted molar refractivity (Wildman–Crippen MR) is 80.4 cm³/mol. The summed E-state index contributed by atoms with van der Waals surface area (Å²) in [7, 11) is 0. The first kappa shape index (κ1) is 15.1. The monoisotopic (exact) mass is 341 g/mol. The summed E-state index contributed by atoms with van der Waals surface area (Å²) in [6.07, 6.45) is 0.622. The quantitative estimate of drug-likeness (QED) is 0.858. The maximum Gasteiger partial charge on any atom is 0.295 e. The summed E-state index contributed by atoms with van der Waals surface area (Å²) < 4.78 is 10.7. The molecule has 0 aliphatic carbocycles. The highest BCUT2D eigenvalue weighted by Crippen LogP contribution is 2.28. The number of aryl methyl sites for hydroxylation is 1. The summed E-state index contributed by atoms with van der Waals surface area (Å²) in [5.74, 6) is 0.819. The minimum atomic E-state index is -0.253. The van der Waals surface area contributed by atoms with Crippen molar-refractivity contribution in [1.29, 1.82) is 0 Å². The fourth-order valence-electron chi connectivity index (χ4n) is 2.28. The second kappa shape index (κ2) is 6.14. The van der Waals surface area contributed by atoms with Gasteiger partial charge in [-0.15, -0.1) is 0 Å². The van der Waals surface area contributed by atoms with Crippen LogP contribution in [0.2, 0.25) is 10.0 Å². The Labute approximate surface area is 136 Å². The predicted octanol–water partition coefficient (Wildman–Crippen LogP) is 2.98. The highest BCUT2D eigenvalue weighted by molar-refractivity contribution is 6.42. The highest BCUT2D eigenvalue weighted by atomic mass is 35.5. The van der Waals surface area contributed by atoms with Crippen molar-refractivity contribution in [3.8, 4) is 5.75 Å². The standard InChI is InChI=1S/C14H13Cl2N3O3/c1-8-17-13(18-22-8)14(20)19-5-4-10(7-19)21-9-2-3-11(15)12(16)6-9/h2-3,6,10H,4-5,7H2,1H3. The number of amides is 1. The molecule has 1 unspecified atom stereocenters. The molecule has 6 nitrogen and oxygen atoms in total. The Bertz CT molecular complexity index is 704. The van der Waals surface area contributed by atoms with E-state index < -0.39 is 0 Å². The second-order valence-corrected chi connectivity index (χ2v) is 5.81. The van der Waals surface area contributed by atoms with Crippen LogP contribution >= 0.6 is 23.2 Å². The molecule has 8 heteroatoms. The molecule has 0 radical (unpaired) electrons. The first-order valence-corrected chi connectivity index (χ1v) is 7.50. The molecule has 1 amide bonds. The Balaban J connectivity index is 1.62. The Morgan fingerprint density at radius 3 is 2.91 bits per heavy atom. The summed E-state index contributed by atoms with van der Waals surface area (Å²) in [5, 5.41) is 4.55. The number of carbonyl (C=O) groups is 1. The van der Waals surface area contributed by atoms with Crippen LogP contribution in [0.3, 0.4) is 0 Å². The smallest absolute Gasteiger partial charge is 0.295 e. The van der Waals surface area contributed by atoms with Crippen molar-refractivity contribution in [2.75, 3.05) is 13.1 Å². The molecule has 22 heavy (non-hydrogen) atoms. The maximum atomic E-state index is 12.2. The number of benzene rings is 1. The van der Waals surface area contributed by atoms with Crippen molar-refractivity contribution in [3.63, 3.8) is 0 Å². The fraction of sp³-hybridized carbons (Fsp3) is 0.357. The zero-order valence-electron chi connectivity index (χ0n) is 11.8. The molecule has 2 heterocycles. The van der Waals surface area contributed by atoms with Gasteiger partial charge < -0.3 is 14.2 Å². The molecular formula is C14H13Cl2N3O3. The van der Waals surface area contributed by atoms with Gasteiger partial charge in [0.15, 0.2) is 0 Å². The van der Waals surface area contributed by atoms with Crippen LogP contribution in [0.4, 0.5) is 0 Å². The molecule has 0 bridgehead atoms. The van der Waals surface area contributed by atoms with E-state index in [1.165, 1.54) is 0 Å². The second-order valence-electron chi connectivity index (χ2n) is 4.99. The van der Waals surface area contributed by atoms with Crippen molar-refractivity contribution in [3.05, 3.63) is 40.0 Å². The van der Waals surface area contributed by atoms with Gasteiger partial charge in [0.2, 0.25) is 5.89 Å². The first-order valence-electron chi connectivity index (χ1n) is 6.74. The van der Waals surface area contributed by atoms with Gasteiger partial charge in [0.05, 0.1) is 16.6 Å². The van der Waals surface area contributed by atoms with E-state index in [1.54, 1.807) is 30.0 Å². The Hall–Kier alpha value is -1.79. The van der Waals surface area contributed by atoms with Gasteiger partial charge >= 0.3 is 0 Å². The summed E-state index contributed by atoms with van der Waals surface area (Å²) in [5.41, 5.74) is 0. The van der Waals surface area contributed by atoms with E-state index >= 15 is 0 Å². The molecule has 1 fully saturated rings. The number of likely N-dealkylation sites (tertiary alicyclic amines) is 1. The summed E-state index contributed by atoms with van der Waals surface area (Å²) in [4.78, 5) is 17.8. The molecule has 1 atom stereocenters. The van der Waals surface area contributed by atoms with Crippen molar-refractivity contribution < 1.29 is 14.1 Å². The van der Waals surface area contributed by atoms with Crippen LogP contribution in [0.25, 0.3) is 0 Å². The molecular weight excluding hydrogens is 329 g/mol. The van der Waals surface area contributed by atoms with Gasteiger partial charge in [0.1, 0.15) is 11.9 Å². The van der Waals surface area contributed by atoms with Gasteiger partial charge in [-0.1, -0.05) is 28.4 Å². The third-order valence-corrected chi connectivity index (χ3v) is 4.08. The lowest BCUT2D eigenvalue weighted by molar-refractivity contribution is 0.0757.